The van der Waals surface area contributed by atoms with E-state index in [1.807, 2.05) is 55.5 Å². The van der Waals surface area contributed by atoms with Crippen molar-refractivity contribution >= 4 is 45.0 Å². The first-order valence-electron chi connectivity index (χ1n) is 12.6. The monoisotopic (exact) mass is 531 g/mol. The third-order valence-electron chi connectivity index (χ3n) is 6.77. The number of carbonyl (C=O) groups is 2. The maximum atomic E-state index is 13.8. The Morgan fingerprint density at radius 1 is 1.03 bits per heavy atom. The van der Waals surface area contributed by atoms with Gasteiger partial charge in [0, 0.05) is 11.6 Å². The molecule has 0 saturated heterocycles. The van der Waals surface area contributed by atoms with Gasteiger partial charge in [0.15, 0.2) is 10.9 Å². The van der Waals surface area contributed by atoms with E-state index in [4.69, 9.17) is 4.98 Å². The largest absolute Gasteiger partial charge is 0.349 e. The van der Waals surface area contributed by atoms with E-state index < -0.39 is 0 Å². The SMILES string of the molecule is Cc1c(C(=O)NC2CCCCC2)sc2nc(SCC(=O)c3ccccc3)n(Cc3ccccc3)c(=O)c12. The van der Waals surface area contributed by atoms with Crippen molar-refractivity contribution in [3.05, 3.63) is 92.6 Å². The lowest BCUT2D eigenvalue weighted by molar-refractivity contribution is 0.0930. The van der Waals surface area contributed by atoms with Crippen molar-refractivity contribution < 1.29 is 9.59 Å². The number of nitrogens with one attached hydrogen (secondary N) is 1. The molecule has 8 heteroatoms. The van der Waals surface area contributed by atoms with Gasteiger partial charge in [0.2, 0.25) is 0 Å². The molecule has 1 fully saturated rings. The molecule has 0 spiro atoms. The summed E-state index contributed by atoms with van der Waals surface area (Å²) in [5.74, 6) is 0.00633. The van der Waals surface area contributed by atoms with Crippen LogP contribution in [0.25, 0.3) is 10.2 Å². The fourth-order valence-corrected chi connectivity index (χ4v) is 6.78. The summed E-state index contributed by atoms with van der Waals surface area (Å²) in [6, 6.07) is 19.0. The maximum absolute atomic E-state index is 13.8. The number of hydrogen-bond acceptors (Lipinski definition) is 6. The Balaban J connectivity index is 1.50. The number of thiophene rings is 1. The van der Waals surface area contributed by atoms with Gasteiger partial charge in [-0.05, 0) is 30.9 Å². The molecular weight excluding hydrogens is 502 g/mol. The molecule has 0 aliphatic heterocycles. The highest BCUT2D eigenvalue weighted by molar-refractivity contribution is 7.99. The number of fused-ring (bicyclic) bond motifs is 1. The van der Waals surface area contributed by atoms with Crippen LogP contribution in [0.1, 0.15) is 63.3 Å². The van der Waals surface area contributed by atoms with Crippen molar-refractivity contribution in [1.29, 1.82) is 0 Å². The molecule has 2 aromatic carbocycles. The first kappa shape index (κ1) is 25.4. The minimum absolute atomic E-state index is 0.0267. The number of aromatic nitrogens is 2. The average molecular weight is 532 g/mol. The molecule has 0 radical (unpaired) electrons. The molecule has 1 saturated carbocycles. The number of Topliss-reactive ketones (excluding diaryl/α,β-unsaturated/α-hetero) is 1. The number of amides is 1. The second kappa shape index (κ2) is 11.4. The van der Waals surface area contributed by atoms with E-state index in [1.165, 1.54) is 29.5 Å². The molecule has 0 atom stereocenters. The van der Waals surface area contributed by atoms with E-state index in [0.717, 1.165) is 31.2 Å². The van der Waals surface area contributed by atoms with Gasteiger partial charge in [-0.1, -0.05) is 91.7 Å². The molecule has 2 aromatic heterocycles. The Labute approximate surface area is 224 Å². The highest BCUT2D eigenvalue weighted by atomic mass is 32.2. The van der Waals surface area contributed by atoms with Crippen molar-refractivity contribution in [2.75, 3.05) is 5.75 Å². The number of hydrogen-bond donors (Lipinski definition) is 1. The molecule has 2 heterocycles. The molecule has 1 amide bonds. The van der Waals surface area contributed by atoms with Crippen LogP contribution in [0.5, 0.6) is 0 Å². The van der Waals surface area contributed by atoms with Gasteiger partial charge in [-0.2, -0.15) is 0 Å². The summed E-state index contributed by atoms with van der Waals surface area (Å²) in [6.45, 7) is 2.17. The summed E-state index contributed by atoms with van der Waals surface area (Å²) < 4.78 is 1.63. The molecule has 1 N–H and O–H groups in total. The van der Waals surface area contributed by atoms with E-state index in [9.17, 15) is 14.4 Å². The fraction of sp³-hybridized carbons (Fsp3) is 0.310. The molecule has 190 valence electrons. The van der Waals surface area contributed by atoms with Gasteiger partial charge >= 0.3 is 0 Å². The summed E-state index contributed by atoms with van der Waals surface area (Å²) in [6.07, 6.45) is 5.46. The first-order chi connectivity index (χ1) is 18.0. The second-order valence-electron chi connectivity index (χ2n) is 9.39. The third-order valence-corrected chi connectivity index (χ3v) is 8.93. The van der Waals surface area contributed by atoms with E-state index in [1.54, 1.807) is 16.7 Å². The van der Waals surface area contributed by atoms with E-state index in [-0.39, 0.29) is 29.0 Å². The molecule has 6 nitrogen and oxygen atoms in total. The highest BCUT2D eigenvalue weighted by Gasteiger charge is 2.24. The number of ketones is 1. The van der Waals surface area contributed by atoms with Crippen molar-refractivity contribution in [3.8, 4) is 0 Å². The van der Waals surface area contributed by atoms with Gasteiger partial charge < -0.3 is 5.32 Å². The van der Waals surface area contributed by atoms with E-state index >= 15 is 0 Å². The summed E-state index contributed by atoms with van der Waals surface area (Å²) >= 11 is 2.52. The van der Waals surface area contributed by atoms with Gasteiger partial charge in [0.25, 0.3) is 11.5 Å². The number of thioether (sulfide) groups is 1. The van der Waals surface area contributed by atoms with Crippen LogP contribution in [0.2, 0.25) is 0 Å². The van der Waals surface area contributed by atoms with Crippen molar-refractivity contribution in [1.82, 2.24) is 14.9 Å². The Bertz CT molecular complexity index is 1470. The van der Waals surface area contributed by atoms with Gasteiger partial charge in [-0.25, -0.2) is 4.98 Å². The van der Waals surface area contributed by atoms with Crippen LogP contribution in [0.15, 0.2) is 70.6 Å². The van der Waals surface area contributed by atoms with Crippen LogP contribution in [0.4, 0.5) is 0 Å². The number of rotatable bonds is 8. The zero-order chi connectivity index (χ0) is 25.8. The van der Waals surface area contributed by atoms with Gasteiger partial charge in [0.1, 0.15) is 4.83 Å². The molecule has 0 unspecified atom stereocenters. The molecule has 5 rings (SSSR count). The van der Waals surface area contributed by atoms with Gasteiger partial charge in [-0.3, -0.25) is 19.0 Å². The van der Waals surface area contributed by atoms with E-state index in [0.29, 0.717) is 37.9 Å². The number of carbonyl (C=O) groups excluding carboxylic acids is 2. The Morgan fingerprint density at radius 2 is 1.70 bits per heavy atom. The standard InChI is InChI=1S/C29H29N3O3S2/c1-19-24-27(37-25(19)26(34)30-22-15-9-4-10-16-22)31-29(36-18-23(33)21-13-7-3-8-14-21)32(28(24)35)17-20-11-5-2-6-12-20/h2-3,5-8,11-14,22H,4,9-10,15-18H2,1H3,(H,30,34). The van der Waals surface area contributed by atoms with Crippen LogP contribution in [0, 0.1) is 6.92 Å². The predicted molar refractivity (Wildman–Crippen MR) is 150 cm³/mol. The molecule has 1 aliphatic rings. The van der Waals surface area contributed by atoms with Gasteiger partial charge in [-0.15, -0.1) is 11.3 Å². The normalized spacial score (nSPS) is 14.1. The summed E-state index contributed by atoms with van der Waals surface area (Å²) in [5, 5.41) is 4.13. The Morgan fingerprint density at radius 3 is 2.41 bits per heavy atom. The third kappa shape index (κ3) is 5.70. The minimum atomic E-state index is -0.186. The first-order valence-corrected chi connectivity index (χ1v) is 14.4. The van der Waals surface area contributed by atoms with Crippen LogP contribution < -0.4 is 10.9 Å². The quantitative estimate of drug-likeness (QED) is 0.175. The second-order valence-corrected chi connectivity index (χ2v) is 11.3. The minimum Gasteiger partial charge on any atom is -0.349 e. The fourth-order valence-electron chi connectivity index (χ4n) is 4.77. The molecule has 37 heavy (non-hydrogen) atoms. The van der Waals surface area contributed by atoms with Crippen LogP contribution >= 0.6 is 23.1 Å². The van der Waals surface area contributed by atoms with Gasteiger partial charge in [0.05, 0.1) is 22.6 Å². The van der Waals surface area contributed by atoms with Crippen molar-refractivity contribution in [2.45, 2.75) is 56.8 Å². The number of benzene rings is 2. The average Bonchev–Trinajstić information content (AvgIpc) is 3.27. The Kier molecular flexibility index (Phi) is 7.86. The van der Waals surface area contributed by atoms with Crippen LogP contribution in [0.3, 0.4) is 0 Å². The zero-order valence-corrected chi connectivity index (χ0v) is 22.4. The molecule has 4 aromatic rings. The lowest BCUT2D eigenvalue weighted by atomic mass is 9.95. The summed E-state index contributed by atoms with van der Waals surface area (Å²) in [7, 11) is 0. The zero-order valence-electron chi connectivity index (χ0n) is 20.7. The predicted octanol–water partition coefficient (Wildman–Crippen LogP) is 5.85. The van der Waals surface area contributed by atoms with Crippen LogP contribution in [-0.4, -0.2) is 33.0 Å². The van der Waals surface area contributed by atoms with E-state index in [2.05, 4.69) is 5.32 Å². The molecule has 1 aliphatic carbocycles. The molecule has 0 bridgehead atoms. The number of nitrogens with zero attached hydrogens (tertiary/aromatic N) is 2. The van der Waals surface area contributed by atoms with Crippen molar-refractivity contribution in [2.24, 2.45) is 0 Å². The highest BCUT2D eigenvalue weighted by Crippen LogP contribution is 2.30. The summed E-state index contributed by atoms with van der Waals surface area (Å²) in [4.78, 5) is 45.7. The summed E-state index contributed by atoms with van der Waals surface area (Å²) in [5.41, 5.74) is 2.07. The van der Waals surface area contributed by atoms with Crippen molar-refractivity contribution in [3.63, 3.8) is 0 Å². The number of aryl methyl sites for hydroxylation is 1. The maximum Gasteiger partial charge on any atom is 0.263 e. The topological polar surface area (TPSA) is 81.1 Å². The smallest absolute Gasteiger partial charge is 0.263 e. The lowest BCUT2D eigenvalue weighted by Crippen LogP contribution is -2.36. The lowest BCUT2D eigenvalue weighted by Gasteiger charge is -2.22. The Hall–Kier alpha value is -3.23. The molecular formula is C29H29N3O3S2. The van der Waals surface area contributed by atoms with Crippen LogP contribution in [-0.2, 0) is 6.54 Å².